The topological polar surface area (TPSA) is 115 Å². The smallest absolute Gasteiger partial charge is 0.306 e. The second kappa shape index (κ2) is 6.20. The average Bonchev–Trinajstić information content (AvgIpc) is 2.35. The van der Waals surface area contributed by atoms with Gasteiger partial charge in [0.25, 0.3) is 0 Å². The van der Waals surface area contributed by atoms with Crippen molar-refractivity contribution >= 4 is 15.7 Å². The summed E-state index contributed by atoms with van der Waals surface area (Å²) in [6.07, 6.45) is 0.348. The van der Waals surface area contributed by atoms with Crippen LogP contribution in [0.5, 0.6) is 0 Å². The molecule has 7 nitrogen and oxygen atoms in total. The van der Waals surface area contributed by atoms with Gasteiger partial charge in [0.1, 0.15) is 10.7 Å². The molecule has 0 radical (unpaired) electrons. The van der Waals surface area contributed by atoms with Crippen molar-refractivity contribution in [1.82, 2.24) is 4.72 Å². The third kappa shape index (κ3) is 3.46. The Hall–Kier alpha value is -1.65. The van der Waals surface area contributed by atoms with Crippen LogP contribution < -0.4 is 10.5 Å². The van der Waals surface area contributed by atoms with E-state index in [-0.39, 0.29) is 12.6 Å². The highest BCUT2D eigenvalue weighted by Crippen LogP contribution is 2.24. The summed E-state index contributed by atoms with van der Waals surface area (Å²) in [6.45, 7) is 1.63. The Bertz CT molecular complexity index is 617. The van der Waals surface area contributed by atoms with Gasteiger partial charge in [0.05, 0.1) is 4.92 Å². The van der Waals surface area contributed by atoms with Crippen LogP contribution >= 0.6 is 0 Å². The summed E-state index contributed by atoms with van der Waals surface area (Å²) in [7, 11) is -4.36. The zero-order chi connectivity index (χ0) is 15.5. The summed E-state index contributed by atoms with van der Waals surface area (Å²) in [5, 5.41) is 10.6. The van der Waals surface area contributed by atoms with Crippen molar-refractivity contribution in [1.29, 1.82) is 0 Å². The molecule has 1 unspecified atom stereocenters. The Morgan fingerprint density at radius 1 is 1.40 bits per heavy atom. The Morgan fingerprint density at radius 2 is 2.00 bits per heavy atom. The molecular formula is C10H13F2N3O4S. The SMILES string of the molecule is CCC(CN)NS(=O)(=O)c1cc([N+](=O)[O-])c(F)cc1F. The lowest BCUT2D eigenvalue weighted by Crippen LogP contribution is -2.39. The number of nitrogens with zero attached hydrogens (tertiary/aromatic N) is 1. The molecule has 0 spiro atoms. The minimum atomic E-state index is -4.36. The Balaban J connectivity index is 3.31. The van der Waals surface area contributed by atoms with Gasteiger partial charge >= 0.3 is 5.69 Å². The van der Waals surface area contributed by atoms with Crippen LogP contribution in [0, 0.1) is 21.7 Å². The van der Waals surface area contributed by atoms with Crippen LogP contribution in [0.3, 0.4) is 0 Å². The fourth-order valence-electron chi connectivity index (χ4n) is 1.45. The maximum absolute atomic E-state index is 13.5. The lowest BCUT2D eigenvalue weighted by Gasteiger charge is -2.15. The molecule has 20 heavy (non-hydrogen) atoms. The quantitative estimate of drug-likeness (QED) is 0.598. The molecule has 1 aromatic carbocycles. The number of nitrogens with one attached hydrogen (secondary N) is 1. The molecule has 10 heteroatoms. The monoisotopic (exact) mass is 309 g/mol. The van der Waals surface area contributed by atoms with Gasteiger partial charge < -0.3 is 5.73 Å². The standard InChI is InChI=1S/C10H13F2N3O4S/c1-2-6(5-13)14-20(18,19)10-4-9(15(16)17)7(11)3-8(10)12/h3-4,6,14H,2,5,13H2,1H3. The van der Waals surface area contributed by atoms with E-state index in [1.54, 1.807) is 6.92 Å². The normalized spacial score (nSPS) is 13.2. The number of hydrogen-bond acceptors (Lipinski definition) is 5. The molecule has 0 saturated heterocycles. The van der Waals surface area contributed by atoms with E-state index in [4.69, 9.17) is 5.73 Å². The molecule has 1 rings (SSSR count). The summed E-state index contributed by atoms with van der Waals surface area (Å²) >= 11 is 0. The van der Waals surface area contributed by atoms with Gasteiger partial charge in [-0.1, -0.05) is 6.92 Å². The number of nitro groups is 1. The predicted octanol–water partition coefficient (Wildman–Crippen LogP) is 0.889. The van der Waals surface area contributed by atoms with Gasteiger partial charge in [0.2, 0.25) is 15.8 Å². The van der Waals surface area contributed by atoms with E-state index in [0.717, 1.165) is 0 Å². The van der Waals surface area contributed by atoms with Gasteiger partial charge in [-0.2, -0.15) is 4.39 Å². The summed E-state index contributed by atoms with van der Waals surface area (Å²) in [6, 6.07) is -0.143. The largest absolute Gasteiger partial charge is 0.329 e. The molecule has 3 N–H and O–H groups in total. The van der Waals surface area contributed by atoms with Crippen LogP contribution in [0.1, 0.15) is 13.3 Å². The van der Waals surface area contributed by atoms with Crippen LogP contribution in [0.2, 0.25) is 0 Å². The van der Waals surface area contributed by atoms with E-state index < -0.39 is 43.2 Å². The second-order valence-electron chi connectivity index (χ2n) is 3.95. The number of sulfonamides is 1. The summed E-state index contributed by atoms with van der Waals surface area (Å²) in [5.74, 6) is -2.86. The first kappa shape index (κ1) is 16.4. The van der Waals surface area contributed by atoms with Crippen molar-refractivity contribution in [3.8, 4) is 0 Å². The molecule has 0 heterocycles. The lowest BCUT2D eigenvalue weighted by atomic mass is 10.2. The Labute approximate surface area is 114 Å². The molecule has 0 aliphatic carbocycles. The first-order chi connectivity index (χ1) is 9.22. The number of benzene rings is 1. The summed E-state index contributed by atoms with van der Waals surface area (Å²) in [5.41, 5.74) is 4.20. The first-order valence-electron chi connectivity index (χ1n) is 5.58. The first-order valence-corrected chi connectivity index (χ1v) is 7.07. The third-order valence-electron chi connectivity index (χ3n) is 2.59. The fraction of sp³-hybridized carbons (Fsp3) is 0.400. The molecule has 1 atom stereocenters. The number of nitro benzene ring substituents is 1. The van der Waals surface area contributed by atoms with Gasteiger partial charge in [0, 0.05) is 24.7 Å². The fourth-order valence-corrected chi connectivity index (χ4v) is 2.86. The van der Waals surface area contributed by atoms with Crippen LogP contribution in [0.25, 0.3) is 0 Å². The van der Waals surface area contributed by atoms with Gasteiger partial charge in [0.15, 0.2) is 0 Å². The van der Waals surface area contributed by atoms with Crippen molar-refractivity contribution in [3.05, 3.63) is 33.9 Å². The van der Waals surface area contributed by atoms with E-state index in [9.17, 15) is 27.3 Å². The molecule has 0 amide bonds. The van der Waals surface area contributed by atoms with Gasteiger partial charge in [-0.15, -0.1) is 0 Å². The van der Waals surface area contributed by atoms with Crippen molar-refractivity contribution in [2.45, 2.75) is 24.3 Å². The molecule has 0 aliphatic heterocycles. The van der Waals surface area contributed by atoms with Gasteiger partial charge in [-0.05, 0) is 6.42 Å². The minimum absolute atomic E-state index is 0.0271. The average molecular weight is 309 g/mol. The van der Waals surface area contributed by atoms with Crippen molar-refractivity contribution in [3.63, 3.8) is 0 Å². The van der Waals surface area contributed by atoms with E-state index >= 15 is 0 Å². The van der Waals surface area contributed by atoms with E-state index in [2.05, 4.69) is 4.72 Å². The number of halogens is 2. The molecule has 112 valence electrons. The molecule has 0 saturated carbocycles. The van der Waals surface area contributed by atoms with E-state index in [1.165, 1.54) is 0 Å². The second-order valence-corrected chi connectivity index (χ2v) is 5.64. The highest BCUT2D eigenvalue weighted by Gasteiger charge is 2.27. The van der Waals surface area contributed by atoms with Crippen molar-refractivity contribution < 1.29 is 22.1 Å². The van der Waals surface area contributed by atoms with Crippen molar-refractivity contribution in [2.75, 3.05) is 6.54 Å². The highest BCUT2D eigenvalue weighted by molar-refractivity contribution is 7.89. The van der Waals surface area contributed by atoms with Crippen LogP contribution in [-0.4, -0.2) is 25.9 Å². The van der Waals surface area contributed by atoms with Crippen LogP contribution in [0.4, 0.5) is 14.5 Å². The van der Waals surface area contributed by atoms with Gasteiger partial charge in [-0.3, -0.25) is 10.1 Å². The van der Waals surface area contributed by atoms with Crippen LogP contribution in [-0.2, 0) is 10.0 Å². The zero-order valence-corrected chi connectivity index (χ0v) is 11.3. The maximum Gasteiger partial charge on any atom is 0.306 e. The minimum Gasteiger partial charge on any atom is -0.329 e. The van der Waals surface area contributed by atoms with E-state index in [1.807, 2.05) is 0 Å². The predicted molar refractivity (Wildman–Crippen MR) is 66.5 cm³/mol. The maximum atomic E-state index is 13.5. The lowest BCUT2D eigenvalue weighted by molar-refractivity contribution is -0.387. The van der Waals surface area contributed by atoms with Gasteiger partial charge in [-0.25, -0.2) is 17.5 Å². The molecule has 0 fully saturated rings. The third-order valence-corrected chi connectivity index (χ3v) is 4.12. The molecule has 0 aliphatic rings. The summed E-state index contributed by atoms with van der Waals surface area (Å²) < 4.78 is 52.6. The number of nitrogens with two attached hydrogens (primary N) is 1. The Morgan fingerprint density at radius 3 is 2.45 bits per heavy atom. The van der Waals surface area contributed by atoms with Crippen molar-refractivity contribution in [2.24, 2.45) is 5.73 Å². The zero-order valence-electron chi connectivity index (χ0n) is 10.5. The summed E-state index contributed by atoms with van der Waals surface area (Å²) in [4.78, 5) is 8.44. The number of rotatable bonds is 6. The number of hydrogen-bond donors (Lipinski definition) is 2. The van der Waals surface area contributed by atoms with Crippen LogP contribution in [0.15, 0.2) is 17.0 Å². The van der Waals surface area contributed by atoms with E-state index in [0.29, 0.717) is 12.5 Å². The molecule has 0 aromatic heterocycles. The Kier molecular flexibility index (Phi) is 5.09. The molecule has 1 aromatic rings. The molecular weight excluding hydrogens is 296 g/mol. The highest BCUT2D eigenvalue weighted by atomic mass is 32.2. The molecule has 0 bridgehead atoms.